The Hall–Kier alpha value is -1.71. The molecule has 0 aromatic heterocycles. The summed E-state index contributed by atoms with van der Waals surface area (Å²) in [6.07, 6.45) is 9.67. The largest absolute Gasteiger partial charge is 0.493 e. The van der Waals surface area contributed by atoms with Crippen LogP contribution in [0.25, 0.3) is 0 Å². The monoisotopic (exact) mass is 302 g/mol. The summed E-state index contributed by atoms with van der Waals surface area (Å²) < 4.78 is 10.8. The van der Waals surface area contributed by atoms with Gasteiger partial charge in [-0.25, -0.2) is 0 Å². The van der Waals surface area contributed by atoms with Crippen LogP contribution in [0.5, 0.6) is 11.5 Å². The number of fused-ring (bicyclic) bond motifs is 1. The van der Waals surface area contributed by atoms with Gasteiger partial charge in [-0.05, 0) is 42.5 Å². The van der Waals surface area contributed by atoms with E-state index >= 15 is 0 Å². The molecule has 0 unspecified atom stereocenters. The SMILES string of the molecule is COc1cc2c(cc1OC)CN(C=NC1CCCCC1)CC2. The predicted octanol–water partition coefficient (Wildman–Crippen LogP) is 3.42. The summed E-state index contributed by atoms with van der Waals surface area (Å²) in [5, 5.41) is 0. The summed E-state index contributed by atoms with van der Waals surface area (Å²) in [7, 11) is 3.38. The maximum Gasteiger partial charge on any atom is 0.161 e. The number of benzene rings is 1. The number of hydrogen-bond donors (Lipinski definition) is 0. The molecule has 0 saturated heterocycles. The van der Waals surface area contributed by atoms with Crippen molar-refractivity contribution in [2.75, 3.05) is 20.8 Å². The topological polar surface area (TPSA) is 34.1 Å². The fraction of sp³-hybridized carbons (Fsp3) is 0.611. The molecule has 0 radical (unpaired) electrons. The van der Waals surface area contributed by atoms with Crippen LogP contribution in [0.2, 0.25) is 0 Å². The Kier molecular flexibility index (Phi) is 4.86. The van der Waals surface area contributed by atoms with E-state index in [4.69, 9.17) is 14.5 Å². The van der Waals surface area contributed by atoms with Gasteiger partial charge in [0.15, 0.2) is 11.5 Å². The molecule has 4 heteroatoms. The van der Waals surface area contributed by atoms with Crippen LogP contribution in [0.3, 0.4) is 0 Å². The molecule has 1 fully saturated rings. The minimum Gasteiger partial charge on any atom is -0.493 e. The van der Waals surface area contributed by atoms with E-state index in [9.17, 15) is 0 Å². The molecule has 0 atom stereocenters. The highest BCUT2D eigenvalue weighted by atomic mass is 16.5. The van der Waals surface area contributed by atoms with Crippen molar-refractivity contribution in [1.29, 1.82) is 0 Å². The van der Waals surface area contributed by atoms with E-state index in [2.05, 4.69) is 23.4 Å². The maximum absolute atomic E-state index is 5.42. The average molecular weight is 302 g/mol. The van der Waals surface area contributed by atoms with Crippen molar-refractivity contribution in [2.45, 2.75) is 51.1 Å². The first-order valence-electron chi connectivity index (χ1n) is 8.31. The summed E-state index contributed by atoms with van der Waals surface area (Å²) in [4.78, 5) is 7.12. The number of rotatable bonds is 4. The van der Waals surface area contributed by atoms with Crippen molar-refractivity contribution in [3.05, 3.63) is 23.3 Å². The molecule has 4 nitrogen and oxygen atoms in total. The number of hydrogen-bond acceptors (Lipinski definition) is 3. The Balaban J connectivity index is 1.68. The standard InChI is InChI=1S/C18H26N2O2/c1-21-17-10-14-8-9-20(12-15(14)11-18(17)22-2)13-19-16-6-4-3-5-7-16/h10-11,13,16H,3-9,12H2,1-2H3. The van der Waals surface area contributed by atoms with E-state index in [1.807, 2.05) is 0 Å². The van der Waals surface area contributed by atoms with Gasteiger partial charge in [-0.1, -0.05) is 19.3 Å². The first-order valence-corrected chi connectivity index (χ1v) is 8.31. The summed E-state index contributed by atoms with van der Waals surface area (Å²) in [6.45, 7) is 1.94. The van der Waals surface area contributed by atoms with Crippen LogP contribution in [0.4, 0.5) is 0 Å². The van der Waals surface area contributed by atoms with E-state index < -0.39 is 0 Å². The minimum atomic E-state index is 0.542. The van der Waals surface area contributed by atoms with Gasteiger partial charge in [-0.2, -0.15) is 0 Å². The van der Waals surface area contributed by atoms with Gasteiger partial charge in [-0.3, -0.25) is 4.99 Å². The van der Waals surface area contributed by atoms with Crippen LogP contribution in [0, 0.1) is 0 Å². The summed E-state index contributed by atoms with van der Waals surface area (Å²) >= 11 is 0. The molecule has 1 aliphatic carbocycles. The molecule has 3 rings (SSSR count). The summed E-state index contributed by atoms with van der Waals surface area (Å²) in [5.41, 5.74) is 2.68. The number of methoxy groups -OCH3 is 2. The van der Waals surface area contributed by atoms with Crippen LogP contribution in [-0.2, 0) is 13.0 Å². The minimum absolute atomic E-state index is 0.542. The molecule has 2 aliphatic rings. The third kappa shape index (κ3) is 3.37. The van der Waals surface area contributed by atoms with Crippen molar-refractivity contribution in [2.24, 2.45) is 4.99 Å². The summed E-state index contributed by atoms with van der Waals surface area (Å²) in [5.74, 6) is 1.64. The molecule has 1 aromatic rings. The van der Waals surface area contributed by atoms with Crippen LogP contribution in [-0.4, -0.2) is 38.0 Å². The van der Waals surface area contributed by atoms with Crippen LogP contribution < -0.4 is 9.47 Å². The quantitative estimate of drug-likeness (QED) is 0.631. The third-order valence-electron chi connectivity index (χ3n) is 4.76. The lowest BCUT2D eigenvalue weighted by Gasteiger charge is -2.28. The molecule has 1 aliphatic heterocycles. The van der Waals surface area contributed by atoms with Gasteiger partial charge in [-0.15, -0.1) is 0 Å². The Morgan fingerprint density at radius 2 is 1.73 bits per heavy atom. The Morgan fingerprint density at radius 3 is 2.41 bits per heavy atom. The Morgan fingerprint density at radius 1 is 1.05 bits per heavy atom. The second-order valence-electron chi connectivity index (χ2n) is 6.25. The van der Waals surface area contributed by atoms with Gasteiger partial charge in [0.05, 0.1) is 26.6 Å². The van der Waals surface area contributed by atoms with Crippen molar-refractivity contribution in [3.8, 4) is 11.5 Å². The first-order chi connectivity index (χ1) is 10.8. The van der Waals surface area contributed by atoms with Gasteiger partial charge in [0.1, 0.15) is 0 Å². The van der Waals surface area contributed by atoms with Gasteiger partial charge in [0.2, 0.25) is 0 Å². The average Bonchev–Trinajstić information content (AvgIpc) is 2.59. The molecule has 0 bridgehead atoms. The fourth-order valence-corrected chi connectivity index (χ4v) is 3.42. The zero-order chi connectivity index (χ0) is 15.4. The molecular formula is C18H26N2O2. The molecule has 0 spiro atoms. The van der Waals surface area contributed by atoms with Crippen molar-refractivity contribution >= 4 is 6.34 Å². The van der Waals surface area contributed by atoms with Gasteiger partial charge in [0, 0.05) is 13.1 Å². The van der Waals surface area contributed by atoms with Crippen LogP contribution in [0.1, 0.15) is 43.2 Å². The molecule has 1 saturated carbocycles. The zero-order valence-electron chi connectivity index (χ0n) is 13.7. The van der Waals surface area contributed by atoms with Gasteiger partial charge >= 0.3 is 0 Å². The molecule has 22 heavy (non-hydrogen) atoms. The second kappa shape index (κ2) is 7.03. The van der Waals surface area contributed by atoms with Crippen LogP contribution >= 0.6 is 0 Å². The molecular weight excluding hydrogens is 276 g/mol. The second-order valence-corrected chi connectivity index (χ2v) is 6.25. The van der Waals surface area contributed by atoms with Gasteiger partial charge in [0.25, 0.3) is 0 Å². The molecule has 120 valence electrons. The highest BCUT2D eigenvalue weighted by molar-refractivity contribution is 5.57. The smallest absolute Gasteiger partial charge is 0.161 e. The molecule has 0 N–H and O–H groups in total. The van der Waals surface area contributed by atoms with Crippen LogP contribution in [0.15, 0.2) is 17.1 Å². The van der Waals surface area contributed by atoms with E-state index in [1.54, 1.807) is 14.2 Å². The zero-order valence-corrected chi connectivity index (χ0v) is 13.7. The van der Waals surface area contributed by atoms with E-state index in [0.29, 0.717) is 6.04 Å². The summed E-state index contributed by atoms with van der Waals surface area (Å²) in [6, 6.07) is 4.76. The number of nitrogens with zero attached hydrogens (tertiary/aromatic N) is 2. The van der Waals surface area contributed by atoms with Gasteiger partial charge < -0.3 is 14.4 Å². The highest BCUT2D eigenvalue weighted by Gasteiger charge is 2.18. The fourth-order valence-electron chi connectivity index (χ4n) is 3.42. The van der Waals surface area contributed by atoms with Crippen molar-refractivity contribution in [1.82, 2.24) is 4.90 Å². The third-order valence-corrected chi connectivity index (χ3v) is 4.76. The van der Waals surface area contributed by atoms with Crippen molar-refractivity contribution < 1.29 is 9.47 Å². The number of ether oxygens (including phenoxy) is 2. The van der Waals surface area contributed by atoms with E-state index in [1.165, 1.54) is 43.2 Å². The van der Waals surface area contributed by atoms with E-state index in [0.717, 1.165) is 31.0 Å². The van der Waals surface area contributed by atoms with E-state index in [-0.39, 0.29) is 0 Å². The number of aliphatic imine (C=N–C) groups is 1. The normalized spacial score (nSPS) is 19.3. The Bertz CT molecular complexity index is 536. The lowest BCUT2D eigenvalue weighted by molar-refractivity contribution is 0.348. The Labute approximate surface area is 133 Å². The molecule has 1 aromatic carbocycles. The lowest BCUT2D eigenvalue weighted by Crippen LogP contribution is -2.30. The lowest BCUT2D eigenvalue weighted by atomic mass is 9.96. The molecule has 0 amide bonds. The van der Waals surface area contributed by atoms with Crippen molar-refractivity contribution in [3.63, 3.8) is 0 Å². The highest BCUT2D eigenvalue weighted by Crippen LogP contribution is 2.33. The first kappa shape index (κ1) is 15.2. The predicted molar refractivity (Wildman–Crippen MR) is 89.0 cm³/mol. The molecule has 1 heterocycles. The maximum atomic E-state index is 5.42.